The largest absolute Gasteiger partial charge is 0.396 e. The molecule has 2 unspecified atom stereocenters. The van der Waals surface area contributed by atoms with Gasteiger partial charge in [0, 0.05) is 24.4 Å². The highest BCUT2D eigenvalue weighted by Crippen LogP contribution is 2.31. The molecular weight excluding hydrogens is 250 g/mol. The molecule has 110 valence electrons. The van der Waals surface area contributed by atoms with E-state index in [9.17, 15) is 5.11 Å². The number of aliphatic hydroxyl groups excluding tert-OH is 1. The first-order valence-electron chi connectivity index (χ1n) is 8.06. The lowest BCUT2D eigenvalue weighted by atomic mass is 9.79. The summed E-state index contributed by atoms with van der Waals surface area (Å²) in [4.78, 5) is 8.86. The molecule has 0 spiro atoms. The van der Waals surface area contributed by atoms with Crippen LogP contribution in [0.2, 0.25) is 0 Å². The van der Waals surface area contributed by atoms with E-state index in [0.29, 0.717) is 18.4 Å². The number of aryl methyl sites for hydroxylation is 1. The normalized spacial score (nSPS) is 26.1. The maximum atomic E-state index is 9.50. The number of aromatic nitrogens is 2. The van der Waals surface area contributed by atoms with E-state index in [1.807, 2.05) is 0 Å². The Balaban J connectivity index is 1.66. The van der Waals surface area contributed by atoms with E-state index in [0.717, 1.165) is 25.2 Å². The molecule has 0 amide bonds. The molecule has 4 heteroatoms. The lowest BCUT2D eigenvalue weighted by molar-refractivity contribution is 0.141. The first-order chi connectivity index (χ1) is 9.88. The summed E-state index contributed by atoms with van der Waals surface area (Å²) in [5, 5.41) is 13.0. The predicted octanol–water partition coefficient (Wildman–Crippen LogP) is 2.57. The van der Waals surface area contributed by atoms with Crippen LogP contribution in [0.25, 0.3) is 0 Å². The van der Waals surface area contributed by atoms with Gasteiger partial charge in [0.15, 0.2) is 0 Å². The van der Waals surface area contributed by atoms with Crippen molar-refractivity contribution in [1.29, 1.82) is 0 Å². The second-order valence-electron chi connectivity index (χ2n) is 6.22. The summed E-state index contributed by atoms with van der Waals surface area (Å²) in [5.74, 6) is 2.09. The van der Waals surface area contributed by atoms with Crippen LogP contribution in [0.4, 0.5) is 5.82 Å². The van der Waals surface area contributed by atoms with E-state index < -0.39 is 0 Å². The topological polar surface area (TPSA) is 58.0 Å². The van der Waals surface area contributed by atoms with E-state index >= 15 is 0 Å². The van der Waals surface area contributed by atoms with Crippen LogP contribution in [0.15, 0.2) is 6.33 Å². The third-order valence-corrected chi connectivity index (χ3v) is 4.96. The van der Waals surface area contributed by atoms with Gasteiger partial charge in [-0.2, -0.15) is 0 Å². The predicted molar refractivity (Wildman–Crippen MR) is 79.7 cm³/mol. The zero-order valence-electron chi connectivity index (χ0n) is 12.1. The van der Waals surface area contributed by atoms with Gasteiger partial charge in [-0.3, -0.25) is 0 Å². The van der Waals surface area contributed by atoms with Crippen LogP contribution >= 0.6 is 0 Å². The summed E-state index contributed by atoms with van der Waals surface area (Å²) in [6.07, 6.45) is 11.3. The van der Waals surface area contributed by atoms with Gasteiger partial charge < -0.3 is 10.4 Å². The molecule has 4 nitrogen and oxygen atoms in total. The molecule has 0 aliphatic heterocycles. The summed E-state index contributed by atoms with van der Waals surface area (Å²) in [6.45, 7) is 1.27. The minimum absolute atomic E-state index is 0.328. The van der Waals surface area contributed by atoms with Crippen molar-refractivity contribution in [3.8, 4) is 0 Å². The van der Waals surface area contributed by atoms with Crippen LogP contribution in [0.5, 0.6) is 0 Å². The Morgan fingerprint density at radius 2 is 1.85 bits per heavy atom. The molecule has 2 N–H and O–H groups in total. The molecule has 0 saturated heterocycles. The van der Waals surface area contributed by atoms with Gasteiger partial charge in [0.05, 0.1) is 0 Å². The first-order valence-corrected chi connectivity index (χ1v) is 8.06. The van der Waals surface area contributed by atoms with Gasteiger partial charge in [-0.15, -0.1) is 0 Å². The SMILES string of the molecule is OCC1CCCCC1CNc1ncnc2c1CCCC2. The van der Waals surface area contributed by atoms with Crippen LogP contribution in [0.3, 0.4) is 0 Å². The van der Waals surface area contributed by atoms with Crippen LogP contribution in [0.1, 0.15) is 49.8 Å². The minimum Gasteiger partial charge on any atom is -0.396 e. The average molecular weight is 275 g/mol. The summed E-state index contributed by atoms with van der Waals surface area (Å²) in [6, 6.07) is 0. The van der Waals surface area contributed by atoms with Crippen LogP contribution in [-0.2, 0) is 12.8 Å². The Labute approximate surface area is 121 Å². The molecule has 1 aromatic rings. The molecule has 2 atom stereocenters. The van der Waals surface area contributed by atoms with Gasteiger partial charge in [0.25, 0.3) is 0 Å². The van der Waals surface area contributed by atoms with Gasteiger partial charge in [-0.25, -0.2) is 9.97 Å². The molecule has 0 radical (unpaired) electrons. The van der Waals surface area contributed by atoms with E-state index in [1.165, 1.54) is 49.8 Å². The Bertz CT molecular complexity index is 449. The monoisotopic (exact) mass is 275 g/mol. The number of aliphatic hydroxyl groups is 1. The fourth-order valence-electron chi connectivity index (χ4n) is 3.69. The van der Waals surface area contributed by atoms with E-state index in [1.54, 1.807) is 6.33 Å². The number of rotatable bonds is 4. The highest BCUT2D eigenvalue weighted by atomic mass is 16.3. The van der Waals surface area contributed by atoms with Crippen LogP contribution in [0, 0.1) is 11.8 Å². The fraction of sp³-hybridized carbons (Fsp3) is 0.750. The number of anilines is 1. The maximum Gasteiger partial charge on any atom is 0.132 e. The molecule has 0 aromatic carbocycles. The summed E-state index contributed by atoms with van der Waals surface area (Å²) >= 11 is 0. The molecule has 3 rings (SSSR count). The van der Waals surface area contributed by atoms with E-state index in [-0.39, 0.29) is 0 Å². The van der Waals surface area contributed by atoms with Crippen molar-refractivity contribution in [2.24, 2.45) is 11.8 Å². The lowest BCUT2D eigenvalue weighted by Crippen LogP contribution is -2.29. The fourth-order valence-corrected chi connectivity index (χ4v) is 3.69. The molecule has 1 aromatic heterocycles. The average Bonchev–Trinajstić information content (AvgIpc) is 2.53. The molecule has 1 heterocycles. The second-order valence-corrected chi connectivity index (χ2v) is 6.22. The van der Waals surface area contributed by atoms with E-state index in [4.69, 9.17) is 0 Å². The van der Waals surface area contributed by atoms with Crippen molar-refractivity contribution >= 4 is 5.82 Å². The van der Waals surface area contributed by atoms with Crippen molar-refractivity contribution in [1.82, 2.24) is 9.97 Å². The number of nitrogens with zero attached hydrogens (tertiary/aromatic N) is 2. The highest BCUT2D eigenvalue weighted by molar-refractivity contribution is 5.47. The number of hydrogen-bond acceptors (Lipinski definition) is 4. The van der Waals surface area contributed by atoms with Crippen LogP contribution < -0.4 is 5.32 Å². The highest BCUT2D eigenvalue weighted by Gasteiger charge is 2.25. The van der Waals surface area contributed by atoms with Crippen LogP contribution in [-0.4, -0.2) is 28.2 Å². The van der Waals surface area contributed by atoms with Gasteiger partial charge in [-0.05, 0) is 50.4 Å². The van der Waals surface area contributed by atoms with E-state index in [2.05, 4.69) is 15.3 Å². The van der Waals surface area contributed by atoms with Gasteiger partial charge in [-0.1, -0.05) is 12.8 Å². The van der Waals surface area contributed by atoms with Crippen molar-refractivity contribution in [2.45, 2.75) is 51.4 Å². The lowest BCUT2D eigenvalue weighted by Gasteiger charge is -2.30. The van der Waals surface area contributed by atoms with Crippen molar-refractivity contribution in [3.05, 3.63) is 17.6 Å². The number of nitrogens with one attached hydrogen (secondary N) is 1. The molecule has 0 bridgehead atoms. The Hall–Kier alpha value is -1.16. The Kier molecular flexibility index (Phi) is 4.51. The third-order valence-electron chi connectivity index (χ3n) is 4.96. The smallest absolute Gasteiger partial charge is 0.132 e. The summed E-state index contributed by atoms with van der Waals surface area (Å²) in [7, 11) is 0. The quantitative estimate of drug-likeness (QED) is 0.886. The zero-order valence-corrected chi connectivity index (χ0v) is 12.1. The molecular formula is C16H25N3O. The van der Waals surface area contributed by atoms with Gasteiger partial charge in [0.1, 0.15) is 12.1 Å². The number of fused-ring (bicyclic) bond motifs is 1. The first kappa shape index (κ1) is 13.8. The summed E-state index contributed by atoms with van der Waals surface area (Å²) < 4.78 is 0. The molecule has 2 aliphatic rings. The maximum absolute atomic E-state index is 9.50. The van der Waals surface area contributed by atoms with Crippen molar-refractivity contribution in [2.75, 3.05) is 18.5 Å². The third kappa shape index (κ3) is 2.95. The molecule has 2 aliphatic carbocycles. The van der Waals surface area contributed by atoms with Crippen molar-refractivity contribution < 1.29 is 5.11 Å². The molecule has 20 heavy (non-hydrogen) atoms. The molecule has 1 saturated carbocycles. The standard InChI is InChI=1S/C16H25N3O/c20-10-13-6-2-1-5-12(13)9-17-16-14-7-3-4-8-15(14)18-11-19-16/h11-13,20H,1-10H2,(H,17,18,19). The Morgan fingerprint density at radius 1 is 1.05 bits per heavy atom. The van der Waals surface area contributed by atoms with Crippen molar-refractivity contribution in [3.63, 3.8) is 0 Å². The minimum atomic E-state index is 0.328. The second kappa shape index (κ2) is 6.53. The van der Waals surface area contributed by atoms with Gasteiger partial charge >= 0.3 is 0 Å². The zero-order chi connectivity index (χ0) is 13.8. The summed E-state index contributed by atoms with van der Waals surface area (Å²) in [5.41, 5.74) is 2.56. The Morgan fingerprint density at radius 3 is 2.70 bits per heavy atom. The van der Waals surface area contributed by atoms with Gasteiger partial charge in [0.2, 0.25) is 0 Å². The molecule has 1 fully saturated rings. The number of hydrogen-bond donors (Lipinski definition) is 2.